The van der Waals surface area contributed by atoms with Gasteiger partial charge in [-0.25, -0.2) is 0 Å². The number of hydrogen-bond acceptors (Lipinski definition) is 3. The summed E-state index contributed by atoms with van der Waals surface area (Å²) in [6.45, 7) is 5.12. The van der Waals surface area contributed by atoms with Crippen molar-refractivity contribution < 1.29 is 4.74 Å². The van der Waals surface area contributed by atoms with Gasteiger partial charge in [0.1, 0.15) is 0 Å². The van der Waals surface area contributed by atoms with Crippen LogP contribution in [0.5, 0.6) is 0 Å². The molecule has 0 aliphatic carbocycles. The molecule has 1 aromatic carbocycles. The van der Waals surface area contributed by atoms with Crippen molar-refractivity contribution in [1.82, 2.24) is 0 Å². The molecule has 2 unspecified atom stereocenters. The molecule has 2 rings (SSSR count). The molecule has 0 radical (unpaired) electrons. The van der Waals surface area contributed by atoms with Crippen molar-refractivity contribution in [1.29, 1.82) is 0 Å². The molecule has 0 amide bonds. The molecule has 3 nitrogen and oxygen atoms in total. The molecule has 0 spiro atoms. The Balaban J connectivity index is 2.14. The van der Waals surface area contributed by atoms with Gasteiger partial charge in [0.25, 0.3) is 0 Å². The molecule has 0 saturated carbocycles. The van der Waals surface area contributed by atoms with E-state index in [-0.39, 0.29) is 11.6 Å². The Morgan fingerprint density at radius 3 is 2.93 bits per heavy atom. The van der Waals surface area contributed by atoms with Crippen LogP contribution < -0.4 is 11.1 Å². The van der Waals surface area contributed by atoms with Crippen LogP contribution in [0.4, 0.5) is 11.4 Å². The number of nitrogens with one attached hydrogen (secondary N) is 1. The Kier molecular flexibility index (Phi) is 2.57. The van der Waals surface area contributed by atoms with Crippen LogP contribution in [-0.2, 0) is 4.74 Å². The second-order valence-corrected chi connectivity index (χ2v) is 4.43. The normalized spacial score (nSPS) is 30.4. The third kappa shape index (κ3) is 2.07. The summed E-state index contributed by atoms with van der Waals surface area (Å²) in [5.74, 6) is 0. The van der Waals surface area contributed by atoms with Crippen molar-refractivity contribution in [2.24, 2.45) is 0 Å². The third-order valence-corrected chi connectivity index (χ3v) is 3.20. The molecule has 1 heterocycles. The molecule has 1 aromatic rings. The van der Waals surface area contributed by atoms with Gasteiger partial charge in [-0.3, -0.25) is 0 Å². The molecule has 0 aromatic heterocycles. The SMILES string of the molecule is CC1OCCC1(C)Nc1cccc(N)c1. The molecule has 1 fully saturated rings. The molecule has 3 heteroatoms. The number of hydrogen-bond donors (Lipinski definition) is 2. The van der Waals surface area contributed by atoms with Crippen molar-refractivity contribution in [3.05, 3.63) is 24.3 Å². The highest BCUT2D eigenvalue weighted by Gasteiger charge is 2.36. The molecule has 82 valence electrons. The maximum Gasteiger partial charge on any atom is 0.0774 e. The molecule has 1 saturated heterocycles. The van der Waals surface area contributed by atoms with Crippen LogP contribution in [-0.4, -0.2) is 18.2 Å². The van der Waals surface area contributed by atoms with Gasteiger partial charge < -0.3 is 15.8 Å². The Labute approximate surface area is 90.6 Å². The number of rotatable bonds is 2. The molecule has 3 N–H and O–H groups in total. The van der Waals surface area contributed by atoms with E-state index in [2.05, 4.69) is 19.2 Å². The standard InChI is InChI=1S/C12H18N2O/c1-9-12(2,6-7-15-9)14-11-5-3-4-10(13)8-11/h3-5,8-9,14H,6-7,13H2,1-2H3. The highest BCUT2D eigenvalue weighted by atomic mass is 16.5. The average molecular weight is 206 g/mol. The van der Waals surface area contributed by atoms with Crippen LogP contribution in [0.2, 0.25) is 0 Å². The predicted octanol–water partition coefficient (Wildman–Crippen LogP) is 2.25. The van der Waals surface area contributed by atoms with Crippen LogP contribution in [0.1, 0.15) is 20.3 Å². The average Bonchev–Trinajstić information content (AvgIpc) is 2.47. The Morgan fingerprint density at radius 2 is 2.33 bits per heavy atom. The first-order valence-electron chi connectivity index (χ1n) is 5.35. The first-order valence-corrected chi connectivity index (χ1v) is 5.35. The fraction of sp³-hybridized carbons (Fsp3) is 0.500. The van der Waals surface area contributed by atoms with Crippen molar-refractivity contribution >= 4 is 11.4 Å². The van der Waals surface area contributed by atoms with Crippen molar-refractivity contribution in [2.45, 2.75) is 31.9 Å². The zero-order valence-electron chi connectivity index (χ0n) is 9.29. The van der Waals surface area contributed by atoms with E-state index in [0.717, 1.165) is 24.4 Å². The molecule has 0 bridgehead atoms. The van der Waals surface area contributed by atoms with E-state index in [1.165, 1.54) is 0 Å². The van der Waals surface area contributed by atoms with Gasteiger partial charge in [0.15, 0.2) is 0 Å². The fourth-order valence-corrected chi connectivity index (χ4v) is 1.95. The lowest BCUT2D eigenvalue weighted by Gasteiger charge is -2.30. The fourth-order valence-electron chi connectivity index (χ4n) is 1.95. The Bertz CT molecular complexity index is 353. The zero-order valence-corrected chi connectivity index (χ0v) is 9.29. The van der Waals surface area contributed by atoms with Gasteiger partial charge in [-0.1, -0.05) is 6.07 Å². The number of nitrogen functional groups attached to an aromatic ring is 1. The third-order valence-electron chi connectivity index (χ3n) is 3.20. The summed E-state index contributed by atoms with van der Waals surface area (Å²) < 4.78 is 5.58. The lowest BCUT2D eigenvalue weighted by atomic mass is 9.94. The molecule has 1 aliphatic rings. The first kappa shape index (κ1) is 10.3. The van der Waals surface area contributed by atoms with Gasteiger partial charge >= 0.3 is 0 Å². The molecule has 2 atom stereocenters. The summed E-state index contributed by atoms with van der Waals surface area (Å²) in [5.41, 5.74) is 7.61. The number of ether oxygens (including phenoxy) is 1. The van der Waals surface area contributed by atoms with E-state index in [1.54, 1.807) is 0 Å². The summed E-state index contributed by atoms with van der Waals surface area (Å²) in [6.07, 6.45) is 1.27. The monoisotopic (exact) mass is 206 g/mol. The Hall–Kier alpha value is -1.22. The number of anilines is 2. The largest absolute Gasteiger partial charge is 0.399 e. The van der Waals surface area contributed by atoms with Gasteiger partial charge in [0.2, 0.25) is 0 Å². The van der Waals surface area contributed by atoms with Gasteiger partial charge in [0, 0.05) is 18.0 Å². The highest BCUT2D eigenvalue weighted by molar-refractivity contribution is 5.55. The van der Waals surface area contributed by atoms with E-state index in [9.17, 15) is 0 Å². The summed E-state index contributed by atoms with van der Waals surface area (Å²) in [4.78, 5) is 0. The van der Waals surface area contributed by atoms with Crippen molar-refractivity contribution in [3.63, 3.8) is 0 Å². The zero-order chi connectivity index (χ0) is 10.9. The topological polar surface area (TPSA) is 47.3 Å². The minimum atomic E-state index is 0.0216. The van der Waals surface area contributed by atoms with Crippen LogP contribution in [0.3, 0.4) is 0 Å². The van der Waals surface area contributed by atoms with E-state index >= 15 is 0 Å². The van der Waals surface area contributed by atoms with E-state index in [1.807, 2.05) is 24.3 Å². The smallest absolute Gasteiger partial charge is 0.0774 e. The number of benzene rings is 1. The lowest BCUT2D eigenvalue weighted by Crippen LogP contribution is -2.41. The van der Waals surface area contributed by atoms with E-state index < -0.39 is 0 Å². The summed E-state index contributed by atoms with van der Waals surface area (Å²) in [7, 11) is 0. The maximum absolute atomic E-state index is 5.74. The van der Waals surface area contributed by atoms with Crippen molar-refractivity contribution in [2.75, 3.05) is 17.7 Å². The predicted molar refractivity (Wildman–Crippen MR) is 62.9 cm³/mol. The van der Waals surface area contributed by atoms with Crippen LogP contribution >= 0.6 is 0 Å². The maximum atomic E-state index is 5.74. The van der Waals surface area contributed by atoms with Crippen LogP contribution in [0, 0.1) is 0 Å². The molecule has 1 aliphatic heterocycles. The lowest BCUT2D eigenvalue weighted by molar-refractivity contribution is 0.105. The van der Waals surface area contributed by atoms with Crippen molar-refractivity contribution in [3.8, 4) is 0 Å². The summed E-state index contributed by atoms with van der Waals surface area (Å²) in [5, 5.41) is 3.50. The quantitative estimate of drug-likeness (QED) is 0.730. The second kappa shape index (κ2) is 3.74. The van der Waals surface area contributed by atoms with E-state index in [0.29, 0.717) is 0 Å². The first-order chi connectivity index (χ1) is 7.10. The molecule has 15 heavy (non-hydrogen) atoms. The van der Waals surface area contributed by atoms with Crippen LogP contribution in [0.25, 0.3) is 0 Å². The van der Waals surface area contributed by atoms with Gasteiger partial charge in [-0.2, -0.15) is 0 Å². The summed E-state index contributed by atoms with van der Waals surface area (Å²) >= 11 is 0. The van der Waals surface area contributed by atoms with Gasteiger partial charge in [0.05, 0.1) is 11.6 Å². The van der Waals surface area contributed by atoms with E-state index in [4.69, 9.17) is 10.5 Å². The Morgan fingerprint density at radius 1 is 1.53 bits per heavy atom. The second-order valence-electron chi connectivity index (χ2n) is 4.43. The van der Waals surface area contributed by atoms with Gasteiger partial charge in [-0.05, 0) is 38.5 Å². The minimum absolute atomic E-state index is 0.0216. The highest BCUT2D eigenvalue weighted by Crippen LogP contribution is 2.29. The summed E-state index contributed by atoms with van der Waals surface area (Å²) in [6, 6.07) is 7.84. The minimum Gasteiger partial charge on any atom is -0.399 e. The van der Waals surface area contributed by atoms with Gasteiger partial charge in [-0.15, -0.1) is 0 Å². The number of nitrogens with two attached hydrogens (primary N) is 1. The molecular formula is C12H18N2O. The molecular weight excluding hydrogens is 188 g/mol. The van der Waals surface area contributed by atoms with Crippen LogP contribution in [0.15, 0.2) is 24.3 Å².